The molecule has 558 valence electrons. The van der Waals surface area contributed by atoms with Crippen LogP contribution in [0.5, 0.6) is 0 Å². The normalized spacial score (nSPS) is 14.0. The third kappa shape index (κ3) is 68.6. The minimum atomic E-state index is -4.95. The van der Waals surface area contributed by atoms with Gasteiger partial charge in [0.05, 0.1) is 26.4 Å². The predicted molar refractivity (Wildman–Crippen MR) is 382 cm³/mol. The fourth-order valence-electron chi connectivity index (χ4n) is 11.5. The molecule has 0 spiro atoms. The van der Waals surface area contributed by atoms with Crippen molar-refractivity contribution in [1.29, 1.82) is 0 Å². The number of unbranched alkanes of at least 4 members (excludes halogenated alkanes) is 47. The molecule has 0 fully saturated rings. The summed E-state index contributed by atoms with van der Waals surface area (Å²) in [6.45, 7) is 7.16. The number of phosphoric ester groups is 2. The van der Waals surface area contributed by atoms with E-state index in [2.05, 4.69) is 34.6 Å². The summed E-state index contributed by atoms with van der Waals surface area (Å²) in [6.07, 6.45) is 57.5. The van der Waals surface area contributed by atoms with Crippen LogP contribution >= 0.6 is 15.6 Å². The molecule has 0 aliphatic rings. The molecule has 0 bridgehead atoms. The highest BCUT2D eigenvalue weighted by molar-refractivity contribution is 7.47. The van der Waals surface area contributed by atoms with Gasteiger partial charge in [-0.2, -0.15) is 0 Å². The Kier molecular flexibility index (Phi) is 66.8. The van der Waals surface area contributed by atoms with E-state index in [1.54, 1.807) is 0 Å². The number of rotatable bonds is 75. The SMILES string of the molecule is CCCCCCCCCCCCCCCCCCCCCCCCC(=O)O[C@H](COC(=O)CCCCCCCCCCCCCCCCC)COP(=O)(O)OC[C@@H](O)COP(=O)(O)OC[C@@H](COC(=O)CCCCCCC)OC(=O)CCCCCCCCCCCC(C)C. The molecule has 0 aromatic carbocycles. The number of hydrogen-bond acceptors (Lipinski definition) is 15. The molecule has 0 saturated heterocycles. The van der Waals surface area contributed by atoms with E-state index in [1.165, 1.54) is 212 Å². The van der Waals surface area contributed by atoms with Gasteiger partial charge in [-0.1, -0.05) is 343 Å². The van der Waals surface area contributed by atoms with Gasteiger partial charge in [0, 0.05) is 25.7 Å². The van der Waals surface area contributed by atoms with E-state index >= 15 is 0 Å². The Morgan fingerprint density at radius 3 is 0.723 bits per heavy atom. The third-order valence-electron chi connectivity index (χ3n) is 17.5. The van der Waals surface area contributed by atoms with Crippen LogP contribution < -0.4 is 0 Å². The molecular weight excluding hydrogens is 1230 g/mol. The molecule has 5 atom stereocenters. The van der Waals surface area contributed by atoms with Crippen molar-refractivity contribution in [2.24, 2.45) is 5.92 Å². The molecule has 3 N–H and O–H groups in total. The van der Waals surface area contributed by atoms with Crippen LogP contribution in [0.3, 0.4) is 0 Å². The Labute approximate surface area is 575 Å². The number of esters is 4. The first kappa shape index (κ1) is 92.1. The molecule has 0 radical (unpaired) electrons. The smallest absolute Gasteiger partial charge is 0.462 e. The van der Waals surface area contributed by atoms with E-state index in [9.17, 15) is 43.2 Å². The second-order valence-corrected chi connectivity index (χ2v) is 30.4. The number of ether oxygens (including phenoxy) is 4. The van der Waals surface area contributed by atoms with E-state index in [0.29, 0.717) is 25.7 Å². The second-order valence-electron chi connectivity index (χ2n) is 27.5. The fraction of sp³-hybridized carbons (Fsp3) is 0.947. The summed E-state index contributed by atoms with van der Waals surface area (Å²) >= 11 is 0. The topological polar surface area (TPSA) is 237 Å². The van der Waals surface area contributed by atoms with Crippen LogP contribution in [0, 0.1) is 5.92 Å². The highest BCUT2D eigenvalue weighted by atomic mass is 31.2. The van der Waals surface area contributed by atoms with Crippen molar-refractivity contribution in [3.8, 4) is 0 Å². The summed E-state index contributed by atoms with van der Waals surface area (Å²) in [7, 11) is -9.90. The Hall–Kier alpha value is -1.94. The van der Waals surface area contributed by atoms with E-state index in [-0.39, 0.29) is 25.7 Å². The van der Waals surface area contributed by atoms with Gasteiger partial charge in [0.15, 0.2) is 12.2 Å². The van der Waals surface area contributed by atoms with Gasteiger partial charge in [0.25, 0.3) is 0 Å². The van der Waals surface area contributed by atoms with Crippen molar-refractivity contribution in [2.75, 3.05) is 39.6 Å². The number of hydrogen-bond donors (Lipinski definition) is 3. The summed E-state index contributed by atoms with van der Waals surface area (Å²) < 4.78 is 68.2. The molecule has 94 heavy (non-hydrogen) atoms. The van der Waals surface area contributed by atoms with Gasteiger partial charge in [0.2, 0.25) is 0 Å². The van der Waals surface area contributed by atoms with Gasteiger partial charge >= 0.3 is 39.5 Å². The molecule has 0 saturated carbocycles. The minimum Gasteiger partial charge on any atom is -0.462 e. The number of aliphatic hydroxyl groups is 1. The van der Waals surface area contributed by atoms with Crippen LogP contribution in [0.2, 0.25) is 0 Å². The van der Waals surface area contributed by atoms with Gasteiger partial charge in [-0.15, -0.1) is 0 Å². The van der Waals surface area contributed by atoms with Gasteiger partial charge in [0.1, 0.15) is 19.3 Å². The van der Waals surface area contributed by atoms with Crippen molar-refractivity contribution in [3.05, 3.63) is 0 Å². The molecule has 0 aliphatic heterocycles. The first-order valence-corrected chi connectivity index (χ1v) is 42.1. The summed E-state index contributed by atoms with van der Waals surface area (Å²) in [5, 5.41) is 10.6. The molecule has 0 amide bonds. The van der Waals surface area contributed by atoms with Gasteiger partial charge in [-0.05, 0) is 31.6 Å². The summed E-state index contributed by atoms with van der Waals surface area (Å²) in [4.78, 5) is 72.4. The van der Waals surface area contributed by atoms with Gasteiger partial charge in [-0.3, -0.25) is 37.3 Å². The second kappa shape index (κ2) is 68.2. The summed E-state index contributed by atoms with van der Waals surface area (Å²) in [5.41, 5.74) is 0. The molecule has 0 heterocycles. The highest BCUT2D eigenvalue weighted by Crippen LogP contribution is 2.45. The van der Waals surface area contributed by atoms with Crippen molar-refractivity contribution >= 4 is 39.5 Å². The van der Waals surface area contributed by atoms with E-state index in [1.807, 2.05) is 0 Å². The Morgan fingerprint density at radius 1 is 0.287 bits per heavy atom. The van der Waals surface area contributed by atoms with Crippen LogP contribution in [0.15, 0.2) is 0 Å². The Bertz CT molecular complexity index is 1810. The lowest BCUT2D eigenvalue weighted by Crippen LogP contribution is -2.30. The fourth-order valence-corrected chi connectivity index (χ4v) is 13.1. The van der Waals surface area contributed by atoms with E-state index < -0.39 is 97.5 Å². The third-order valence-corrected chi connectivity index (χ3v) is 19.4. The zero-order valence-electron chi connectivity index (χ0n) is 61.1. The minimum absolute atomic E-state index is 0.105. The molecule has 0 aromatic heterocycles. The van der Waals surface area contributed by atoms with Crippen LogP contribution in [0.25, 0.3) is 0 Å². The molecule has 0 aromatic rings. The molecular formula is C75H146O17P2. The zero-order valence-corrected chi connectivity index (χ0v) is 62.9. The standard InChI is InChI=1S/C75H146O17P2/c1-6-9-12-15-17-19-21-23-25-26-27-28-29-30-31-33-35-37-41-45-50-55-60-74(79)92-71(65-86-73(78)59-54-49-44-40-36-34-32-24-22-20-18-16-13-10-7-2)67-90-94(83,84)88-63-69(76)62-87-93(81,82)89-66-70(64-85-72(77)58-53-47-14-11-8-3)91-75(80)61-56-51-46-42-38-39-43-48-52-57-68(4)5/h68-71,76H,6-67H2,1-5H3,(H,81,82)(H,83,84)/t69-,70+,71+/m0/s1. The summed E-state index contributed by atoms with van der Waals surface area (Å²) in [6, 6.07) is 0. The molecule has 0 aliphatic carbocycles. The van der Waals surface area contributed by atoms with Crippen LogP contribution in [-0.4, -0.2) is 96.7 Å². The number of carbonyl (C=O) groups excluding carboxylic acids is 4. The first-order valence-electron chi connectivity index (χ1n) is 39.1. The predicted octanol–water partition coefficient (Wildman–Crippen LogP) is 22.1. The lowest BCUT2D eigenvalue weighted by Gasteiger charge is -2.21. The van der Waals surface area contributed by atoms with E-state index in [4.69, 9.17) is 37.0 Å². The van der Waals surface area contributed by atoms with Crippen LogP contribution in [0.1, 0.15) is 394 Å². The molecule has 0 rings (SSSR count). The van der Waals surface area contributed by atoms with Gasteiger partial charge in [-0.25, -0.2) is 9.13 Å². The molecule has 2 unspecified atom stereocenters. The summed E-state index contributed by atoms with van der Waals surface area (Å²) in [5.74, 6) is -1.39. The maximum absolute atomic E-state index is 13.1. The zero-order chi connectivity index (χ0) is 69.1. The van der Waals surface area contributed by atoms with Crippen molar-refractivity contribution in [2.45, 2.75) is 412 Å². The lowest BCUT2D eigenvalue weighted by atomic mass is 10.0. The van der Waals surface area contributed by atoms with Crippen molar-refractivity contribution in [1.82, 2.24) is 0 Å². The molecule has 19 heteroatoms. The maximum Gasteiger partial charge on any atom is 0.472 e. The highest BCUT2D eigenvalue weighted by Gasteiger charge is 2.30. The van der Waals surface area contributed by atoms with Crippen molar-refractivity contribution in [3.63, 3.8) is 0 Å². The average molecular weight is 1380 g/mol. The monoisotopic (exact) mass is 1380 g/mol. The number of carbonyl (C=O) groups is 4. The lowest BCUT2D eigenvalue weighted by molar-refractivity contribution is -0.161. The van der Waals surface area contributed by atoms with Gasteiger partial charge < -0.3 is 33.8 Å². The van der Waals surface area contributed by atoms with Crippen LogP contribution in [0.4, 0.5) is 0 Å². The Balaban J connectivity index is 5.10. The Morgan fingerprint density at radius 2 is 0.489 bits per heavy atom. The van der Waals surface area contributed by atoms with Crippen LogP contribution in [-0.2, 0) is 65.4 Å². The largest absolute Gasteiger partial charge is 0.472 e. The first-order chi connectivity index (χ1) is 45.5. The maximum atomic E-state index is 13.1. The molecule has 17 nitrogen and oxygen atoms in total. The number of phosphoric acid groups is 2. The number of aliphatic hydroxyl groups excluding tert-OH is 1. The quantitative estimate of drug-likeness (QED) is 0.0222. The van der Waals surface area contributed by atoms with Crippen molar-refractivity contribution < 1.29 is 80.2 Å². The average Bonchev–Trinajstić information content (AvgIpc) is 1.53. The van der Waals surface area contributed by atoms with E-state index in [0.717, 1.165) is 102 Å².